The van der Waals surface area contributed by atoms with Crippen LogP contribution in [0.25, 0.3) is 0 Å². The largest absolute Gasteiger partial charge is 0.491 e. The lowest BCUT2D eigenvalue weighted by Gasteiger charge is -2.25. The first-order valence-corrected chi connectivity index (χ1v) is 7.17. The fourth-order valence-corrected chi connectivity index (χ4v) is 1.92. The molecule has 0 radical (unpaired) electrons. The molecule has 3 heteroatoms. The van der Waals surface area contributed by atoms with E-state index in [1.54, 1.807) is 0 Å². The maximum Gasteiger partial charge on any atom is 0.119 e. The zero-order valence-electron chi connectivity index (χ0n) is 12.2. The lowest BCUT2D eigenvalue weighted by molar-refractivity contribution is -0.0114. The van der Waals surface area contributed by atoms with E-state index in [-0.39, 0.29) is 6.61 Å². The summed E-state index contributed by atoms with van der Waals surface area (Å²) in [6.45, 7) is 6.24. The van der Waals surface area contributed by atoms with E-state index >= 15 is 0 Å². The van der Waals surface area contributed by atoms with Crippen LogP contribution in [0.15, 0.2) is 24.3 Å². The normalized spacial score (nSPS) is 13.3. The molecule has 1 rings (SSSR count). The molecule has 2 N–H and O–H groups in total. The van der Waals surface area contributed by atoms with Crippen LogP contribution in [0.3, 0.4) is 0 Å². The van der Waals surface area contributed by atoms with Gasteiger partial charge in [0.25, 0.3) is 0 Å². The predicted molar refractivity (Wildman–Crippen MR) is 77.3 cm³/mol. The Morgan fingerprint density at radius 2 is 1.89 bits per heavy atom. The van der Waals surface area contributed by atoms with Crippen LogP contribution in [-0.2, 0) is 0 Å². The van der Waals surface area contributed by atoms with Gasteiger partial charge >= 0.3 is 0 Å². The van der Waals surface area contributed by atoms with Gasteiger partial charge in [-0.25, -0.2) is 0 Å². The Bertz CT molecular complexity index is 372. The third-order valence-electron chi connectivity index (χ3n) is 3.63. The van der Waals surface area contributed by atoms with Crippen molar-refractivity contribution in [1.29, 1.82) is 0 Å². The average molecular weight is 266 g/mol. The molecule has 0 bridgehead atoms. The second-order valence-corrected chi connectivity index (χ2v) is 5.10. The quantitative estimate of drug-likeness (QED) is 0.757. The summed E-state index contributed by atoms with van der Waals surface area (Å²) in [5.41, 5.74) is 0.105. The molecule has 0 amide bonds. The lowest BCUT2D eigenvalue weighted by atomic mass is 9.99. The van der Waals surface area contributed by atoms with E-state index in [9.17, 15) is 10.2 Å². The zero-order valence-corrected chi connectivity index (χ0v) is 12.2. The van der Waals surface area contributed by atoms with E-state index in [1.165, 1.54) is 0 Å². The molecular weight excluding hydrogens is 240 g/mol. The van der Waals surface area contributed by atoms with Crippen molar-refractivity contribution in [2.24, 2.45) is 0 Å². The number of benzene rings is 1. The summed E-state index contributed by atoms with van der Waals surface area (Å²) in [6, 6.07) is 7.49. The minimum atomic E-state index is -0.766. The molecule has 1 aromatic carbocycles. The van der Waals surface area contributed by atoms with Crippen molar-refractivity contribution in [2.75, 3.05) is 6.61 Å². The van der Waals surface area contributed by atoms with Gasteiger partial charge in [-0.05, 0) is 37.0 Å². The van der Waals surface area contributed by atoms with Crippen LogP contribution in [0.5, 0.6) is 5.75 Å². The van der Waals surface area contributed by atoms with Crippen molar-refractivity contribution in [1.82, 2.24) is 0 Å². The van der Waals surface area contributed by atoms with Gasteiger partial charge in [-0.3, -0.25) is 0 Å². The Hall–Kier alpha value is -1.06. The molecule has 0 aliphatic rings. The highest BCUT2D eigenvalue weighted by atomic mass is 16.5. The molecule has 0 spiro atoms. The summed E-state index contributed by atoms with van der Waals surface area (Å²) in [5, 5.41) is 20.1. The number of ether oxygens (including phenoxy) is 1. The van der Waals surface area contributed by atoms with Crippen molar-refractivity contribution in [3.63, 3.8) is 0 Å². The third-order valence-corrected chi connectivity index (χ3v) is 3.63. The highest BCUT2D eigenvalue weighted by Crippen LogP contribution is 2.24. The van der Waals surface area contributed by atoms with E-state index in [0.717, 1.165) is 18.4 Å². The summed E-state index contributed by atoms with van der Waals surface area (Å²) in [4.78, 5) is 0. The Morgan fingerprint density at radius 1 is 1.21 bits per heavy atom. The highest BCUT2D eigenvalue weighted by Gasteiger charge is 2.23. The van der Waals surface area contributed by atoms with E-state index in [2.05, 4.69) is 0 Å². The molecule has 0 saturated carbocycles. The summed E-state index contributed by atoms with van der Waals surface area (Å²) in [7, 11) is 0. The van der Waals surface area contributed by atoms with E-state index in [1.807, 2.05) is 45.0 Å². The molecule has 0 unspecified atom stereocenters. The third kappa shape index (κ3) is 4.84. The number of aliphatic hydroxyl groups is 2. The molecule has 0 aliphatic carbocycles. The van der Waals surface area contributed by atoms with Gasteiger partial charge in [0.05, 0.1) is 11.7 Å². The fourth-order valence-electron chi connectivity index (χ4n) is 1.92. The van der Waals surface area contributed by atoms with E-state index < -0.39 is 11.7 Å². The van der Waals surface area contributed by atoms with Crippen LogP contribution in [-0.4, -0.2) is 22.4 Å². The topological polar surface area (TPSA) is 49.7 Å². The lowest BCUT2D eigenvalue weighted by Crippen LogP contribution is -2.34. The van der Waals surface area contributed by atoms with Gasteiger partial charge in [-0.2, -0.15) is 0 Å². The van der Waals surface area contributed by atoms with Crippen molar-refractivity contribution in [3.05, 3.63) is 29.8 Å². The molecule has 19 heavy (non-hydrogen) atoms. The minimum Gasteiger partial charge on any atom is -0.491 e. The summed E-state index contributed by atoms with van der Waals surface area (Å²) < 4.78 is 5.66. The average Bonchev–Trinajstić information content (AvgIpc) is 2.45. The maximum absolute atomic E-state index is 10.2. The van der Waals surface area contributed by atoms with Gasteiger partial charge in [0.1, 0.15) is 12.4 Å². The van der Waals surface area contributed by atoms with Gasteiger partial charge < -0.3 is 14.9 Å². The number of aliphatic hydroxyl groups excluding tert-OH is 1. The van der Waals surface area contributed by atoms with Crippen LogP contribution in [0.1, 0.15) is 58.1 Å². The second-order valence-electron chi connectivity index (χ2n) is 5.10. The monoisotopic (exact) mass is 266 g/mol. The van der Waals surface area contributed by atoms with Crippen molar-refractivity contribution < 1.29 is 14.9 Å². The first kappa shape index (κ1) is 16.0. The van der Waals surface area contributed by atoms with Crippen molar-refractivity contribution >= 4 is 0 Å². The predicted octanol–water partition coefficient (Wildman–Crippen LogP) is 3.45. The van der Waals surface area contributed by atoms with Gasteiger partial charge in [-0.1, -0.05) is 39.3 Å². The van der Waals surface area contributed by atoms with Crippen molar-refractivity contribution in [2.45, 2.75) is 58.2 Å². The smallest absolute Gasteiger partial charge is 0.119 e. The first-order chi connectivity index (χ1) is 9.04. The molecule has 0 fully saturated rings. The molecule has 1 aromatic rings. The first-order valence-electron chi connectivity index (χ1n) is 7.17. The van der Waals surface area contributed by atoms with Gasteiger partial charge in [0, 0.05) is 0 Å². The molecule has 0 aliphatic heterocycles. The summed E-state index contributed by atoms with van der Waals surface area (Å²) in [5.74, 6) is 0.702. The summed E-state index contributed by atoms with van der Waals surface area (Å²) in [6.07, 6.45) is 2.59. The molecule has 1 atom stereocenters. The van der Waals surface area contributed by atoms with Crippen molar-refractivity contribution in [3.8, 4) is 5.75 Å². The highest BCUT2D eigenvalue weighted by molar-refractivity contribution is 5.30. The van der Waals surface area contributed by atoms with E-state index in [0.29, 0.717) is 18.6 Å². The van der Waals surface area contributed by atoms with Crippen LogP contribution in [0.4, 0.5) is 0 Å². The minimum absolute atomic E-state index is 0.285. The van der Waals surface area contributed by atoms with Crippen LogP contribution in [0, 0.1) is 0 Å². The molecule has 0 aromatic heterocycles. The SMILES string of the molecule is CCC[C@@H](O)c1cccc(OCC(O)(CC)CC)c1. The fraction of sp³-hybridized carbons (Fsp3) is 0.625. The molecule has 0 heterocycles. The molecular formula is C16H26O3. The molecule has 3 nitrogen and oxygen atoms in total. The van der Waals surface area contributed by atoms with Gasteiger partial charge in [0.2, 0.25) is 0 Å². The zero-order chi connectivity index (χ0) is 14.3. The number of hydrogen-bond donors (Lipinski definition) is 2. The standard InChI is InChI=1S/C16H26O3/c1-4-8-15(17)13-9-7-10-14(11-13)19-12-16(18,5-2)6-3/h7,9-11,15,17-18H,4-6,8,12H2,1-3H3/t15-/m1/s1. The molecule has 0 saturated heterocycles. The van der Waals surface area contributed by atoms with Crippen LogP contribution >= 0.6 is 0 Å². The maximum atomic E-state index is 10.2. The molecule has 108 valence electrons. The Balaban J connectivity index is 2.67. The van der Waals surface area contributed by atoms with Gasteiger partial charge in [-0.15, -0.1) is 0 Å². The van der Waals surface area contributed by atoms with E-state index in [4.69, 9.17) is 4.74 Å². The Labute approximate surface area is 116 Å². The Morgan fingerprint density at radius 3 is 2.47 bits per heavy atom. The number of hydrogen-bond acceptors (Lipinski definition) is 3. The second kappa shape index (κ2) is 7.51. The number of rotatable bonds is 8. The van der Waals surface area contributed by atoms with Crippen LogP contribution < -0.4 is 4.74 Å². The van der Waals surface area contributed by atoms with Crippen LogP contribution in [0.2, 0.25) is 0 Å². The summed E-state index contributed by atoms with van der Waals surface area (Å²) >= 11 is 0. The Kier molecular flexibility index (Phi) is 6.32. The van der Waals surface area contributed by atoms with Gasteiger partial charge in [0.15, 0.2) is 0 Å².